The van der Waals surface area contributed by atoms with Crippen molar-refractivity contribution in [3.05, 3.63) is 111 Å². The van der Waals surface area contributed by atoms with Crippen molar-refractivity contribution >= 4 is 29.1 Å². The van der Waals surface area contributed by atoms with E-state index in [2.05, 4.69) is 16.7 Å². The number of benzene rings is 2. The fraction of sp³-hybridized carbons (Fsp3) is 0.179. The molecule has 4 rings (SSSR count). The Morgan fingerprint density at radius 2 is 1.84 bits per heavy atom. The molecule has 0 fully saturated rings. The second-order valence-electron chi connectivity index (χ2n) is 8.58. The second-order valence-corrected chi connectivity index (χ2v) is 9.56. The Morgan fingerprint density at radius 3 is 2.47 bits per heavy atom. The summed E-state index contributed by atoms with van der Waals surface area (Å²) in [5, 5.41) is 16.0. The van der Waals surface area contributed by atoms with Gasteiger partial charge in [0.05, 0.1) is 45.7 Å². The van der Waals surface area contributed by atoms with Gasteiger partial charge in [-0.15, -0.1) is 0 Å². The predicted octanol–water partition coefficient (Wildman–Crippen LogP) is 6.56. The molecule has 194 valence electrons. The highest BCUT2D eigenvalue weighted by atomic mass is 32.2. The van der Waals surface area contributed by atoms with E-state index in [9.17, 15) is 28.0 Å². The summed E-state index contributed by atoms with van der Waals surface area (Å²) in [6, 6.07) is 16.8. The molecule has 0 aliphatic carbocycles. The van der Waals surface area contributed by atoms with E-state index < -0.39 is 23.6 Å². The van der Waals surface area contributed by atoms with Crippen LogP contribution < -0.4 is 10.6 Å². The first-order valence-electron chi connectivity index (χ1n) is 11.4. The third-order valence-corrected chi connectivity index (χ3v) is 6.91. The number of rotatable bonds is 7. The fourth-order valence-electron chi connectivity index (χ4n) is 4.00. The van der Waals surface area contributed by atoms with Crippen LogP contribution in [0.1, 0.15) is 40.1 Å². The summed E-state index contributed by atoms with van der Waals surface area (Å²) in [6.45, 7) is 3.54. The molecular formula is C28H22F3N3O3S. The molecule has 1 aliphatic heterocycles. The minimum Gasteiger partial charge on any atom is -0.468 e. The number of carbonyl (C=O) groups excluding carboxylic acids is 2. The van der Waals surface area contributed by atoms with E-state index in [1.165, 1.54) is 18.4 Å². The van der Waals surface area contributed by atoms with E-state index in [1.807, 2.05) is 19.1 Å². The van der Waals surface area contributed by atoms with Gasteiger partial charge >= 0.3 is 6.18 Å². The monoisotopic (exact) mass is 537 g/mol. The van der Waals surface area contributed by atoms with E-state index >= 15 is 0 Å². The van der Waals surface area contributed by atoms with Gasteiger partial charge in [-0.3, -0.25) is 9.59 Å². The first-order valence-corrected chi connectivity index (χ1v) is 12.4. The van der Waals surface area contributed by atoms with Gasteiger partial charge in [0, 0.05) is 16.9 Å². The second kappa shape index (κ2) is 11.0. The number of Topliss-reactive ketones (excluding diaryl/α,β-unsaturated/α-hetero) is 1. The molecule has 0 spiro atoms. The Bertz CT molecular complexity index is 1470. The van der Waals surface area contributed by atoms with Gasteiger partial charge < -0.3 is 15.1 Å². The van der Waals surface area contributed by atoms with Crippen molar-refractivity contribution in [3.8, 4) is 6.07 Å². The normalized spacial score (nSPS) is 15.6. The molecule has 0 saturated heterocycles. The van der Waals surface area contributed by atoms with Crippen LogP contribution in [-0.4, -0.2) is 17.4 Å². The quantitative estimate of drug-likeness (QED) is 0.332. The number of thioether (sulfide) groups is 1. The number of nitrogens with one attached hydrogen (secondary N) is 2. The first kappa shape index (κ1) is 26.8. The lowest BCUT2D eigenvalue weighted by atomic mass is 9.85. The maximum atomic E-state index is 13.4. The number of aryl methyl sites for hydroxylation is 1. The predicted molar refractivity (Wildman–Crippen MR) is 138 cm³/mol. The van der Waals surface area contributed by atoms with Crippen LogP contribution in [0.5, 0.6) is 0 Å². The Morgan fingerprint density at radius 1 is 1.11 bits per heavy atom. The number of furan rings is 1. The third-order valence-electron chi connectivity index (χ3n) is 5.89. The molecule has 0 radical (unpaired) electrons. The third kappa shape index (κ3) is 5.84. The molecule has 1 atom stereocenters. The van der Waals surface area contributed by atoms with Crippen LogP contribution in [0.2, 0.25) is 0 Å². The highest BCUT2D eigenvalue weighted by Gasteiger charge is 2.37. The Labute approximate surface area is 221 Å². The van der Waals surface area contributed by atoms with Gasteiger partial charge in [0.2, 0.25) is 0 Å². The van der Waals surface area contributed by atoms with Crippen molar-refractivity contribution in [2.24, 2.45) is 0 Å². The van der Waals surface area contributed by atoms with Gasteiger partial charge in [0.25, 0.3) is 5.91 Å². The molecule has 0 bridgehead atoms. The summed E-state index contributed by atoms with van der Waals surface area (Å²) in [6.07, 6.45) is -3.17. The van der Waals surface area contributed by atoms with Crippen LogP contribution in [0.25, 0.3) is 0 Å². The molecule has 38 heavy (non-hydrogen) atoms. The van der Waals surface area contributed by atoms with Crippen LogP contribution in [0.3, 0.4) is 0 Å². The van der Waals surface area contributed by atoms with Crippen LogP contribution in [0.15, 0.2) is 93.2 Å². The lowest BCUT2D eigenvalue weighted by Crippen LogP contribution is -2.30. The minimum atomic E-state index is -4.57. The average molecular weight is 538 g/mol. The van der Waals surface area contributed by atoms with E-state index in [0.717, 1.165) is 29.5 Å². The highest BCUT2D eigenvalue weighted by molar-refractivity contribution is 8.03. The Hall–Kier alpha value is -4.23. The first-order chi connectivity index (χ1) is 18.1. The number of dihydropyridines is 1. The standard InChI is InChI=1S/C28H22F3N3O3S/c1-16-8-10-18(11-9-16)22(35)15-38-27-21(14-32)25(23-7-4-12-37-23)24(17(2)33-27)26(36)34-20-6-3-5-19(13-20)28(29,30)31/h3-13,25,33H,15H2,1-2H3,(H,34,36)/t25-/m0/s1. The molecular weight excluding hydrogens is 515 g/mol. The maximum Gasteiger partial charge on any atom is 0.416 e. The summed E-state index contributed by atoms with van der Waals surface area (Å²) in [5.41, 5.74) is 1.25. The number of nitrogens with zero attached hydrogens (tertiary/aromatic N) is 1. The Kier molecular flexibility index (Phi) is 7.78. The zero-order valence-corrected chi connectivity index (χ0v) is 21.2. The molecule has 1 aliphatic rings. The van der Waals surface area contributed by atoms with Crippen molar-refractivity contribution in [3.63, 3.8) is 0 Å². The molecule has 1 amide bonds. The number of anilines is 1. The van der Waals surface area contributed by atoms with Crippen molar-refractivity contribution in [2.45, 2.75) is 25.9 Å². The van der Waals surface area contributed by atoms with Gasteiger partial charge in [-0.1, -0.05) is 47.7 Å². The van der Waals surface area contributed by atoms with Gasteiger partial charge in [-0.05, 0) is 44.2 Å². The number of carbonyl (C=O) groups is 2. The van der Waals surface area contributed by atoms with Gasteiger partial charge in [-0.25, -0.2) is 0 Å². The molecule has 0 unspecified atom stereocenters. The van der Waals surface area contributed by atoms with Crippen LogP contribution in [-0.2, 0) is 11.0 Å². The maximum absolute atomic E-state index is 13.4. The Balaban J connectivity index is 1.63. The zero-order chi connectivity index (χ0) is 27.4. The highest BCUT2D eigenvalue weighted by Crippen LogP contribution is 2.41. The number of allylic oxidation sites excluding steroid dienone is 2. The number of amides is 1. The molecule has 2 aromatic carbocycles. The summed E-state index contributed by atoms with van der Waals surface area (Å²) < 4.78 is 45.0. The van der Waals surface area contributed by atoms with Crippen LogP contribution in [0.4, 0.5) is 18.9 Å². The lowest BCUT2D eigenvalue weighted by molar-refractivity contribution is -0.137. The number of hydrogen-bond acceptors (Lipinski definition) is 6. The van der Waals surface area contributed by atoms with Gasteiger partial charge in [-0.2, -0.15) is 18.4 Å². The van der Waals surface area contributed by atoms with E-state index in [-0.39, 0.29) is 28.4 Å². The minimum absolute atomic E-state index is 0.0422. The van der Waals surface area contributed by atoms with E-state index in [1.54, 1.807) is 31.2 Å². The van der Waals surface area contributed by atoms with Crippen molar-refractivity contribution < 1.29 is 27.2 Å². The average Bonchev–Trinajstić information content (AvgIpc) is 3.41. The van der Waals surface area contributed by atoms with Crippen molar-refractivity contribution in [1.29, 1.82) is 5.26 Å². The van der Waals surface area contributed by atoms with Crippen molar-refractivity contribution in [2.75, 3.05) is 11.1 Å². The summed E-state index contributed by atoms with van der Waals surface area (Å²) in [4.78, 5) is 26.1. The SMILES string of the molecule is CC1=C(C(=O)Nc2cccc(C(F)(F)F)c2)[C@H](c2ccco2)C(C#N)=C(SCC(=O)c2ccc(C)cc2)N1. The van der Waals surface area contributed by atoms with E-state index in [0.29, 0.717) is 22.0 Å². The van der Waals surface area contributed by atoms with E-state index in [4.69, 9.17) is 4.42 Å². The smallest absolute Gasteiger partial charge is 0.416 e. The molecule has 6 nitrogen and oxygen atoms in total. The lowest BCUT2D eigenvalue weighted by Gasteiger charge is -2.28. The summed E-state index contributed by atoms with van der Waals surface area (Å²) in [7, 11) is 0. The van der Waals surface area contributed by atoms with Crippen LogP contribution in [0, 0.1) is 18.3 Å². The molecule has 3 aromatic rings. The molecule has 2 N–H and O–H groups in total. The largest absolute Gasteiger partial charge is 0.468 e. The summed E-state index contributed by atoms with van der Waals surface area (Å²) >= 11 is 1.13. The van der Waals surface area contributed by atoms with Gasteiger partial charge in [0.15, 0.2) is 5.78 Å². The number of nitriles is 1. The number of alkyl halides is 3. The fourth-order valence-corrected chi connectivity index (χ4v) is 4.99. The van der Waals surface area contributed by atoms with Gasteiger partial charge in [0.1, 0.15) is 5.76 Å². The van der Waals surface area contributed by atoms with Crippen molar-refractivity contribution in [1.82, 2.24) is 5.32 Å². The summed E-state index contributed by atoms with van der Waals surface area (Å²) in [5.74, 6) is -1.41. The number of halogens is 3. The number of hydrogen-bond donors (Lipinski definition) is 2. The van der Waals surface area contributed by atoms with Crippen LogP contribution >= 0.6 is 11.8 Å². The molecule has 10 heteroatoms. The zero-order valence-electron chi connectivity index (χ0n) is 20.3. The molecule has 1 aromatic heterocycles. The molecule has 2 heterocycles. The number of ketones is 1. The topological polar surface area (TPSA) is 95.1 Å². The molecule has 0 saturated carbocycles.